The summed E-state index contributed by atoms with van der Waals surface area (Å²) in [5, 5.41) is 0. The Morgan fingerprint density at radius 2 is 1.82 bits per heavy atom. The minimum absolute atomic E-state index is 0.185. The molecule has 94 valence electrons. The van der Waals surface area contributed by atoms with Crippen LogP contribution in [0.1, 0.15) is 33.3 Å². The third-order valence-corrected chi connectivity index (χ3v) is 2.60. The molecule has 3 heteroatoms. The van der Waals surface area contributed by atoms with Crippen molar-refractivity contribution in [2.24, 2.45) is 4.99 Å². The number of anilines is 1. The van der Waals surface area contributed by atoms with E-state index in [9.17, 15) is 0 Å². The summed E-state index contributed by atoms with van der Waals surface area (Å²) in [6.45, 7) is 9.04. The van der Waals surface area contributed by atoms with Gasteiger partial charge in [0.2, 0.25) is 0 Å². The summed E-state index contributed by atoms with van der Waals surface area (Å²) in [4.78, 5) is 9.33. The maximum absolute atomic E-state index is 5.32. The number of nitrogens with one attached hydrogen (secondary N) is 1. The Balaban J connectivity index is 2.52. The monoisotopic (exact) mass is 234 g/mol. The van der Waals surface area contributed by atoms with Gasteiger partial charge in [0.15, 0.2) is 0 Å². The van der Waals surface area contributed by atoms with Crippen LogP contribution in [0, 0.1) is 0 Å². The molecule has 0 heterocycles. The van der Waals surface area contributed by atoms with Crippen molar-refractivity contribution in [2.75, 3.05) is 19.1 Å². The first-order chi connectivity index (χ1) is 7.93. The highest BCUT2D eigenvalue weighted by atomic mass is 16.6. The van der Waals surface area contributed by atoms with Gasteiger partial charge in [-0.05, 0) is 30.0 Å². The Kier molecular flexibility index (Phi) is 4.70. The Hall–Kier alpha value is -1.35. The number of nitrogens with zero attached hydrogens (tertiary/aromatic N) is 1. The molecule has 1 aromatic rings. The van der Waals surface area contributed by atoms with Crippen LogP contribution in [-0.2, 0) is 10.3 Å². The first-order valence-electron chi connectivity index (χ1n) is 5.84. The lowest BCUT2D eigenvalue weighted by Gasteiger charge is -2.19. The van der Waals surface area contributed by atoms with Crippen molar-refractivity contribution in [2.45, 2.75) is 33.1 Å². The van der Waals surface area contributed by atoms with Gasteiger partial charge in [0.05, 0.1) is 5.69 Å². The van der Waals surface area contributed by atoms with Gasteiger partial charge in [-0.25, -0.2) is 0 Å². The number of rotatable bonds is 4. The molecule has 0 amide bonds. The minimum Gasteiger partial charge on any atom is -0.295 e. The zero-order valence-electron chi connectivity index (χ0n) is 11.4. The summed E-state index contributed by atoms with van der Waals surface area (Å²) in [6.07, 6.45) is 0. The van der Waals surface area contributed by atoms with Crippen molar-refractivity contribution in [3.05, 3.63) is 29.8 Å². The fourth-order valence-corrected chi connectivity index (χ4v) is 1.33. The molecule has 0 unspecified atom stereocenters. The molecule has 3 nitrogen and oxygen atoms in total. The summed E-state index contributed by atoms with van der Waals surface area (Å²) in [5.41, 5.74) is 6.33. The van der Waals surface area contributed by atoms with E-state index in [-0.39, 0.29) is 5.41 Å². The van der Waals surface area contributed by atoms with Crippen LogP contribution in [0.2, 0.25) is 0 Å². The Labute approximate surface area is 104 Å². The molecule has 0 aliphatic carbocycles. The zero-order chi connectivity index (χ0) is 12.9. The van der Waals surface area contributed by atoms with Crippen LogP contribution in [0.3, 0.4) is 0 Å². The van der Waals surface area contributed by atoms with E-state index in [0.29, 0.717) is 6.61 Å². The Morgan fingerprint density at radius 1 is 1.24 bits per heavy atom. The topological polar surface area (TPSA) is 33.6 Å². The summed E-state index contributed by atoms with van der Waals surface area (Å²) in [5.74, 6) is 0. The number of aliphatic imine (C=N–C) groups is 1. The second-order valence-electron chi connectivity index (χ2n) is 5.18. The molecule has 0 atom stereocenters. The molecule has 17 heavy (non-hydrogen) atoms. The van der Waals surface area contributed by atoms with Gasteiger partial charge < -0.3 is 0 Å². The molecule has 0 saturated heterocycles. The highest BCUT2D eigenvalue weighted by Gasteiger charge is 2.12. The van der Waals surface area contributed by atoms with Crippen molar-refractivity contribution >= 4 is 11.4 Å². The van der Waals surface area contributed by atoms with E-state index in [0.717, 1.165) is 11.4 Å². The zero-order valence-corrected chi connectivity index (χ0v) is 11.4. The second kappa shape index (κ2) is 5.82. The molecule has 0 radical (unpaired) electrons. The average Bonchev–Trinajstić information content (AvgIpc) is 2.28. The van der Waals surface area contributed by atoms with Gasteiger partial charge in [-0.1, -0.05) is 32.9 Å². The van der Waals surface area contributed by atoms with Crippen molar-refractivity contribution in [3.63, 3.8) is 0 Å². The normalized spacial score (nSPS) is 12.6. The van der Waals surface area contributed by atoms with Gasteiger partial charge in [0, 0.05) is 12.8 Å². The fraction of sp³-hybridized carbons (Fsp3) is 0.500. The molecule has 0 bridgehead atoms. The maximum Gasteiger partial charge on any atom is 0.112 e. The van der Waals surface area contributed by atoms with Crippen molar-refractivity contribution < 1.29 is 4.84 Å². The van der Waals surface area contributed by atoms with Gasteiger partial charge in [-0.3, -0.25) is 15.3 Å². The van der Waals surface area contributed by atoms with Crippen molar-refractivity contribution in [1.82, 2.24) is 0 Å². The summed E-state index contributed by atoms with van der Waals surface area (Å²) in [7, 11) is 1.76. The van der Waals surface area contributed by atoms with Crippen molar-refractivity contribution in [1.29, 1.82) is 0 Å². The molecule has 0 aliphatic rings. The third kappa shape index (κ3) is 4.57. The predicted octanol–water partition coefficient (Wildman–Crippen LogP) is 3.42. The lowest BCUT2D eigenvalue weighted by atomic mass is 9.87. The van der Waals surface area contributed by atoms with Crippen molar-refractivity contribution in [3.8, 4) is 0 Å². The molecule has 0 aliphatic heterocycles. The van der Waals surface area contributed by atoms with E-state index >= 15 is 0 Å². The standard InChI is InChI=1S/C14H22N2O/c1-11(15-5)10-17-16-13-8-6-12(7-9-13)14(2,3)4/h6-9,16H,10H2,1-5H3. The SMILES string of the molecule is CN=C(C)CONc1ccc(C(C)(C)C)cc1. The van der Waals surface area contributed by atoms with Crippen LogP contribution in [0.4, 0.5) is 5.69 Å². The number of benzene rings is 1. The fourth-order valence-electron chi connectivity index (χ4n) is 1.33. The largest absolute Gasteiger partial charge is 0.295 e. The molecule has 1 rings (SSSR count). The van der Waals surface area contributed by atoms with Gasteiger partial charge in [-0.15, -0.1) is 0 Å². The van der Waals surface area contributed by atoms with E-state index in [4.69, 9.17) is 4.84 Å². The first kappa shape index (κ1) is 13.7. The van der Waals surface area contributed by atoms with E-state index in [1.54, 1.807) is 7.05 Å². The third-order valence-electron chi connectivity index (χ3n) is 2.60. The van der Waals surface area contributed by atoms with E-state index < -0.39 is 0 Å². The van der Waals surface area contributed by atoms with Crippen LogP contribution in [0.15, 0.2) is 29.3 Å². The summed E-state index contributed by atoms with van der Waals surface area (Å²) >= 11 is 0. The smallest absolute Gasteiger partial charge is 0.112 e. The number of hydrogen-bond donors (Lipinski definition) is 1. The Bertz CT molecular complexity index is 374. The van der Waals surface area contributed by atoms with Crippen LogP contribution >= 0.6 is 0 Å². The molecule has 0 fully saturated rings. The molecular formula is C14H22N2O. The molecule has 1 aromatic carbocycles. The molecule has 0 aromatic heterocycles. The van der Waals surface area contributed by atoms with Crippen LogP contribution in [0.5, 0.6) is 0 Å². The first-order valence-corrected chi connectivity index (χ1v) is 5.84. The highest BCUT2D eigenvalue weighted by molar-refractivity contribution is 5.83. The highest BCUT2D eigenvalue weighted by Crippen LogP contribution is 2.23. The molecule has 0 spiro atoms. The predicted molar refractivity (Wildman–Crippen MR) is 73.7 cm³/mol. The van der Waals surface area contributed by atoms with Crippen LogP contribution in [0.25, 0.3) is 0 Å². The van der Waals surface area contributed by atoms with Gasteiger partial charge in [0.25, 0.3) is 0 Å². The van der Waals surface area contributed by atoms with Crippen LogP contribution in [-0.4, -0.2) is 19.4 Å². The second-order valence-corrected chi connectivity index (χ2v) is 5.18. The number of hydrogen-bond acceptors (Lipinski definition) is 3. The molecule has 1 N–H and O–H groups in total. The molecule has 0 saturated carbocycles. The minimum atomic E-state index is 0.185. The van der Waals surface area contributed by atoms with Gasteiger partial charge in [0.1, 0.15) is 6.61 Å². The van der Waals surface area contributed by atoms with Gasteiger partial charge >= 0.3 is 0 Å². The Morgan fingerprint density at radius 3 is 2.29 bits per heavy atom. The van der Waals surface area contributed by atoms with Crippen LogP contribution < -0.4 is 5.48 Å². The summed E-state index contributed by atoms with van der Waals surface area (Å²) in [6, 6.07) is 8.29. The lowest BCUT2D eigenvalue weighted by molar-refractivity contribution is 0.239. The van der Waals surface area contributed by atoms with E-state index in [1.807, 2.05) is 19.1 Å². The lowest BCUT2D eigenvalue weighted by Crippen LogP contribution is -2.12. The van der Waals surface area contributed by atoms with E-state index in [2.05, 4.69) is 43.4 Å². The van der Waals surface area contributed by atoms with Gasteiger partial charge in [-0.2, -0.15) is 0 Å². The van der Waals surface area contributed by atoms with E-state index in [1.165, 1.54) is 5.56 Å². The maximum atomic E-state index is 5.32. The molecular weight excluding hydrogens is 212 g/mol. The summed E-state index contributed by atoms with van der Waals surface area (Å²) < 4.78 is 0. The quantitative estimate of drug-likeness (QED) is 0.639. The average molecular weight is 234 g/mol.